The van der Waals surface area contributed by atoms with Crippen LogP contribution in [0.1, 0.15) is 35.8 Å². The van der Waals surface area contributed by atoms with E-state index < -0.39 is 0 Å². The standard InChI is InChI=1S/C19H22N4O2S/c1-3-23-15(7-10-20-23)18(24)22-11-8-14(9-12-22)25-19-21-17-13(2)5-4-6-16(17)26-19/h4-7,10,14H,3,8-9,11-12H2,1-2H3. The molecule has 0 unspecified atom stereocenters. The predicted octanol–water partition coefficient (Wildman–Crippen LogP) is 3.50. The van der Waals surface area contributed by atoms with Crippen molar-refractivity contribution in [1.29, 1.82) is 0 Å². The monoisotopic (exact) mass is 370 g/mol. The highest BCUT2D eigenvalue weighted by Gasteiger charge is 2.27. The van der Waals surface area contributed by atoms with Crippen LogP contribution in [0.5, 0.6) is 5.19 Å². The summed E-state index contributed by atoms with van der Waals surface area (Å²) in [5.41, 5.74) is 2.85. The van der Waals surface area contributed by atoms with Gasteiger partial charge in [-0.3, -0.25) is 9.48 Å². The van der Waals surface area contributed by atoms with Gasteiger partial charge in [0.05, 0.1) is 10.2 Å². The van der Waals surface area contributed by atoms with Crippen LogP contribution in [-0.4, -0.2) is 44.8 Å². The number of aromatic nitrogens is 3. The van der Waals surface area contributed by atoms with E-state index in [9.17, 15) is 4.79 Å². The lowest BCUT2D eigenvalue weighted by atomic mass is 10.1. The van der Waals surface area contributed by atoms with E-state index in [1.54, 1.807) is 28.3 Å². The van der Waals surface area contributed by atoms with E-state index in [-0.39, 0.29) is 12.0 Å². The van der Waals surface area contributed by atoms with E-state index in [4.69, 9.17) is 4.74 Å². The van der Waals surface area contributed by atoms with Crippen LogP contribution in [0.4, 0.5) is 0 Å². The Morgan fingerprint density at radius 3 is 2.85 bits per heavy atom. The Kier molecular flexibility index (Phi) is 4.63. The molecular weight excluding hydrogens is 348 g/mol. The molecule has 136 valence electrons. The molecular formula is C19H22N4O2S. The fraction of sp³-hybridized carbons (Fsp3) is 0.421. The van der Waals surface area contributed by atoms with E-state index in [1.807, 2.05) is 17.9 Å². The average Bonchev–Trinajstić information content (AvgIpc) is 3.29. The number of aryl methyl sites for hydroxylation is 2. The van der Waals surface area contributed by atoms with Crippen molar-refractivity contribution in [3.8, 4) is 5.19 Å². The Morgan fingerprint density at radius 1 is 1.31 bits per heavy atom. The molecule has 1 saturated heterocycles. The first-order chi connectivity index (χ1) is 12.7. The molecule has 26 heavy (non-hydrogen) atoms. The maximum atomic E-state index is 12.7. The number of benzene rings is 1. The second kappa shape index (κ2) is 7.07. The van der Waals surface area contributed by atoms with Crippen LogP contribution in [0.15, 0.2) is 30.5 Å². The number of nitrogens with zero attached hydrogens (tertiary/aromatic N) is 4. The summed E-state index contributed by atoms with van der Waals surface area (Å²) in [6, 6.07) is 7.98. The number of hydrogen-bond donors (Lipinski definition) is 0. The zero-order valence-electron chi connectivity index (χ0n) is 15.0. The van der Waals surface area contributed by atoms with E-state index >= 15 is 0 Å². The third-order valence-corrected chi connectivity index (χ3v) is 5.74. The molecule has 0 atom stereocenters. The van der Waals surface area contributed by atoms with E-state index in [0.29, 0.717) is 25.3 Å². The van der Waals surface area contributed by atoms with Gasteiger partial charge in [-0.25, -0.2) is 4.98 Å². The third-order valence-electron chi connectivity index (χ3n) is 4.83. The molecule has 1 fully saturated rings. The zero-order valence-corrected chi connectivity index (χ0v) is 15.8. The van der Waals surface area contributed by atoms with E-state index in [1.165, 1.54) is 5.56 Å². The van der Waals surface area contributed by atoms with Crippen LogP contribution < -0.4 is 4.74 Å². The van der Waals surface area contributed by atoms with Crippen LogP contribution >= 0.6 is 11.3 Å². The average molecular weight is 370 g/mol. The number of carbonyl (C=O) groups is 1. The van der Waals surface area contributed by atoms with Crippen molar-refractivity contribution < 1.29 is 9.53 Å². The van der Waals surface area contributed by atoms with Gasteiger partial charge in [0.25, 0.3) is 11.1 Å². The van der Waals surface area contributed by atoms with Crippen molar-refractivity contribution >= 4 is 27.5 Å². The molecule has 2 aromatic heterocycles. The number of hydrogen-bond acceptors (Lipinski definition) is 5. The Morgan fingerprint density at radius 2 is 2.12 bits per heavy atom. The SMILES string of the molecule is CCn1nccc1C(=O)N1CCC(Oc2nc3c(C)cccc3s2)CC1. The lowest BCUT2D eigenvalue weighted by Crippen LogP contribution is -2.42. The number of rotatable bonds is 4. The highest BCUT2D eigenvalue weighted by atomic mass is 32.1. The van der Waals surface area contributed by atoms with Gasteiger partial charge in [-0.2, -0.15) is 5.10 Å². The molecule has 3 heterocycles. The molecule has 1 aliphatic rings. The normalized spacial score (nSPS) is 15.5. The number of ether oxygens (including phenoxy) is 1. The largest absolute Gasteiger partial charge is 0.467 e. The van der Waals surface area contributed by atoms with Crippen molar-refractivity contribution in [2.75, 3.05) is 13.1 Å². The summed E-state index contributed by atoms with van der Waals surface area (Å²) in [4.78, 5) is 19.2. The first-order valence-corrected chi connectivity index (χ1v) is 9.81. The maximum Gasteiger partial charge on any atom is 0.274 e. The first-order valence-electron chi connectivity index (χ1n) is 8.99. The van der Waals surface area contributed by atoms with E-state index in [2.05, 4.69) is 29.1 Å². The van der Waals surface area contributed by atoms with Crippen molar-refractivity contribution in [2.24, 2.45) is 0 Å². The van der Waals surface area contributed by atoms with Crippen LogP contribution in [0, 0.1) is 6.92 Å². The minimum Gasteiger partial charge on any atom is -0.467 e. The molecule has 1 aromatic carbocycles. The van der Waals surface area contributed by atoms with Crippen molar-refractivity contribution in [3.05, 3.63) is 41.7 Å². The summed E-state index contributed by atoms with van der Waals surface area (Å²) >= 11 is 1.59. The third kappa shape index (κ3) is 3.19. The molecule has 4 rings (SSSR count). The van der Waals surface area contributed by atoms with Gasteiger partial charge in [0.1, 0.15) is 11.8 Å². The molecule has 0 spiro atoms. The van der Waals surface area contributed by atoms with Crippen LogP contribution in [0.3, 0.4) is 0 Å². The molecule has 1 amide bonds. The topological polar surface area (TPSA) is 60.2 Å². The predicted molar refractivity (Wildman–Crippen MR) is 102 cm³/mol. The Balaban J connectivity index is 1.39. The number of para-hydroxylation sites is 1. The quantitative estimate of drug-likeness (QED) is 0.705. The van der Waals surface area contributed by atoms with Gasteiger partial charge in [0.15, 0.2) is 0 Å². The number of piperidine rings is 1. The number of carbonyl (C=O) groups excluding carboxylic acids is 1. The van der Waals surface area contributed by atoms with Crippen molar-refractivity contribution in [3.63, 3.8) is 0 Å². The summed E-state index contributed by atoms with van der Waals surface area (Å²) in [7, 11) is 0. The number of thiazole rings is 1. The fourth-order valence-corrected chi connectivity index (χ4v) is 4.32. The number of amides is 1. The highest BCUT2D eigenvalue weighted by Crippen LogP contribution is 2.31. The summed E-state index contributed by atoms with van der Waals surface area (Å²) < 4.78 is 9.01. The Labute approximate surface area is 156 Å². The minimum absolute atomic E-state index is 0.0541. The summed E-state index contributed by atoms with van der Waals surface area (Å²) in [6.07, 6.45) is 3.43. The zero-order chi connectivity index (χ0) is 18.1. The van der Waals surface area contributed by atoms with Crippen LogP contribution in [0.25, 0.3) is 10.2 Å². The number of likely N-dealkylation sites (tertiary alicyclic amines) is 1. The molecule has 7 heteroatoms. The van der Waals surface area contributed by atoms with Gasteiger partial charge < -0.3 is 9.64 Å². The molecule has 0 aliphatic carbocycles. The molecule has 3 aromatic rings. The Hall–Kier alpha value is -2.41. The molecule has 0 saturated carbocycles. The number of fused-ring (bicyclic) bond motifs is 1. The fourth-order valence-electron chi connectivity index (χ4n) is 3.36. The second-order valence-corrected chi connectivity index (χ2v) is 7.54. The van der Waals surface area contributed by atoms with Gasteiger partial charge in [-0.15, -0.1) is 0 Å². The lowest BCUT2D eigenvalue weighted by Gasteiger charge is -2.31. The molecule has 1 aliphatic heterocycles. The van der Waals surface area contributed by atoms with Gasteiger partial charge >= 0.3 is 0 Å². The van der Waals surface area contributed by atoms with Gasteiger partial charge in [0.2, 0.25) is 0 Å². The van der Waals surface area contributed by atoms with Crippen LogP contribution in [0.2, 0.25) is 0 Å². The lowest BCUT2D eigenvalue weighted by molar-refractivity contribution is 0.0584. The minimum atomic E-state index is 0.0541. The molecule has 0 N–H and O–H groups in total. The second-order valence-electron chi connectivity index (χ2n) is 6.54. The molecule has 0 radical (unpaired) electrons. The van der Waals surface area contributed by atoms with Crippen molar-refractivity contribution in [2.45, 2.75) is 39.3 Å². The Bertz CT molecular complexity index is 925. The van der Waals surface area contributed by atoms with E-state index in [0.717, 1.165) is 28.3 Å². The molecule has 6 nitrogen and oxygen atoms in total. The van der Waals surface area contributed by atoms with Gasteiger partial charge in [-0.05, 0) is 31.5 Å². The van der Waals surface area contributed by atoms with Gasteiger partial charge in [-0.1, -0.05) is 23.5 Å². The summed E-state index contributed by atoms with van der Waals surface area (Å²) in [5, 5.41) is 4.91. The highest BCUT2D eigenvalue weighted by molar-refractivity contribution is 7.20. The summed E-state index contributed by atoms with van der Waals surface area (Å²) in [6.45, 7) is 6.15. The van der Waals surface area contributed by atoms with Gasteiger partial charge in [0, 0.05) is 38.7 Å². The van der Waals surface area contributed by atoms with Crippen molar-refractivity contribution in [1.82, 2.24) is 19.7 Å². The maximum absolute atomic E-state index is 12.7. The smallest absolute Gasteiger partial charge is 0.274 e. The molecule has 0 bridgehead atoms. The summed E-state index contributed by atoms with van der Waals surface area (Å²) in [5.74, 6) is 0.0541. The first kappa shape index (κ1) is 17.0. The van der Waals surface area contributed by atoms with Crippen LogP contribution in [-0.2, 0) is 6.54 Å².